The first-order valence-corrected chi connectivity index (χ1v) is 4.63. The van der Waals surface area contributed by atoms with Gasteiger partial charge in [-0.25, -0.2) is 4.98 Å². The first-order valence-electron chi connectivity index (χ1n) is 4.63. The molecular weight excluding hydrogens is 194 g/mol. The van der Waals surface area contributed by atoms with Crippen LogP contribution in [0, 0.1) is 0 Å². The molecule has 1 rings (SSSR count). The molecule has 0 aliphatic heterocycles. The van der Waals surface area contributed by atoms with Crippen molar-refractivity contribution in [3.8, 4) is 0 Å². The third-order valence-electron chi connectivity index (χ3n) is 2.00. The van der Waals surface area contributed by atoms with E-state index >= 15 is 0 Å². The number of nitrogen functional groups attached to an aromatic ring is 1. The summed E-state index contributed by atoms with van der Waals surface area (Å²) in [6, 6.07) is 1.75. The fourth-order valence-electron chi connectivity index (χ4n) is 1.09. The third kappa shape index (κ3) is 3.41. The van der Waals surface area contributed by atoms with Gasteiger partial charge < -0.3 is 16.0 Å². The highest BCUT2D eigenvalue weighted by Crippen LogP contribution is 2.08. The lowest BCUT2D eigenvalue weighted by atomic mass is 10.3. The van der Waals surface area contributed by atoms with Crippen LogP contribution < -0.4 is 16.0 Å². The van der Waals surface area contributed by atoms with Gasteiger partial charge in [0.05, 0.1) is 0 Å². The molecule has 0 aromatic carbocycles. The van der Waals surface area contributed by atoms with Crippen LogP contribution in [-0.2, 0) is 4.79 Å². The molecule has 0 aliphatic carbocycles. The number of nitrogens with zero attached hydrogens (tertiary/aromatic N) is 3. The van der Waals surface area contributed by atoms with Crippen LogP contribution in [0.15, 0.2) is 12.3 Å². The summed E-state index contributed by atoms with van der Waals surface area (Å²) < 4.78 is 0. The number of hydrogen-bond acceptors (Lipinski definition) is 5. The van der Waals surface area contributed by atoms with Gasteiger partial charge in [-0.05, 0) is 6.07 Å². The minimum atomic E-state index is 0.00359. The summed E-state index contributed by atoms with van der Waals surface area (Å²) >= 11 is 0. The molecule has 3 N–H and O–H groups in total. The van der Waals surface area contributed by atoms with Gasteiger partial charge in [-0.15, -0.1) is 0 Å². The van der Waals surface area contributed by atoms with Gasteiger partial charge in [0, 0.05) is 33.3 Å². The van der Waals surface area contributed by atoms with Crippen molar-refractivity contribution in [3.63, 3.8) is 0 Å². The minimum absolute atomic E-state index is 0.00359. The van der Waals surface area contributed by atoms with Gasteiger partial charge in [0.1, 0.15) is 5.82 Å². The van der Waals surface area contributed by atoms with Crippen LogP contribution in [0.4, 0.5) is 11.8 Å². The van der Waals surface area contributed by atoms with Gasteiger partial charge in [-0.1, -0.05) is 0 Å². The zero-order valence-corrected chi connectivity index (χ0v) is 8.90. The van der Waals surface area contributed by atoms with E-state index in [4.69, 9.17) is 5.73 Å². The molecule has 0 bridgehead atoms. The van der Waals surface area contributed by atoms with Crippen molar-refractivity contribution in [2.45, 2.75) is 6.42 Å². The van der Waals surface area contributed by atoms with Gasteiger partial charge in [0.2, 0.25) is 11.9 Å². The maximum Gasteiger partial charge on any atom is 0.221 e. The number of anilines is 2. The highest BCUT2D eigenvalue weighted by atomic mass is 16.1. The summed E-state index contributed by atoms with van der Waals surface area (Å²) in [5.41, 5.74) is 5.45. The van der Waals surface area contributed by atoms with Crippen LogP contribution in [0.2, 0.25) is 0 Å². The van der Waals surface area contributed by atoms with Gasteiger partial charge in [0.25, 0.3) is 0 Å². The van der Waals surface area contributed by atoms with E-state index in [9.17, 15) is 4.79 Å². The quantitative estimate of drug-likeness (QED) is 0.707. The predicted molar refractivity (Wildman–Crippen MR) is 58.4 cm³/mol. The Hall–Kier alpha value is -1.85. The molecule has 6 nitrogen and oxygen atoms in total. The molecule has 82 valence electrons. The highest BCUT2D eigenvalue weighted by Gasteiger charge is 2.05. The molecule has 0 saturated heterocycles. The van der Waals surface area contributed by atoms with E-state index in [0.717, 1.165) is 0 Å². The largest absolute Gasteiger partial charge is 0.368 e. The van der Waals surface area contributed by atoms with Crippen molar-refractivity contribution in [1.82, 2.24) is 15.3 Å². The van der Waals surface area contributed by atoms with E-state index < -0.39 is 0 Å². The van der Waals surface area contributed by atoms with Crippen molar-refractivity contribution in [1.29, 1.82) is 0 Å². The van der Waals surface area contributed by atoms with Gasteiger partial charge >= 0.3 is 0 Å². The Labute approximate surface area is 88.5 Å². The Morgan fingerprint density at radius 1 is 1.67 bits per heavy atom. The Bertz CT molecular complexity index is 341. The summed E-state index contributed by atoms with van der Waals surface area (Å²) in [6.45, 7) is 0.593. The summed E-state index contributed by atoms with van der Waals surface area (Å²) in [6.07, 6.45) is 2.02. The minimum Gasteiger partial charge on any atom is -0.368 e. The first kappa shape index (κ1) is 11.2. The van der Waals surface area contributed by atoms with Crippen molar-refractivity contribution in [2.24, 2.45) is 0 Å². The second-order valence-corrected chi connectivity index (χ2v) is 3.12. The second-order valence-electron chi connectivity index (χ2n) is 3.12. The number of hydrogen-bond donors (Lipinski definition) is 2. The zero-order valence-electron chi connectivity index (χ0n) is 8.90. The summed E-state index contributed by atoms with van der Waals surface area (Å²) in [5, 5.41) is 2.56. The molecule has 0 fully saturated rings. The normalized spacial score (nSPS) is 9.73. The highest BCUT2D eigenvalue weighted by molar-refractivity contribution is 5.76. The van der Waals surface area contributed by atoms with E-state index in [0.29, 0.717) is 18.8 Å². The van der Waals surface area contributed by atoms with Crippen molar-refractivity contribution >= 4 is 17.7 Å². The summed E-state index contributed by atoms with van der Waals surface area (Å²) in [7, 11) is 3.47. The molecule has 0 spiro atoms. The molecule has 1 aromatic rings. The number of nitrogens with two attached hydrogens (primary N) is 1. The van der Waals surface area contributed by atoms with E-state index in [1.807, 2.05) is 11.9 Å². The van der Waals surface area contributed by atoms with Crippen LogP contribution in [-0.4, -0.2) is 36.5 Å². The maximum atomic E-state index is 11.0. The zero-order chi connectivity index (χ0) is 11.3. The first-order chi connectivity index (χ1) is 7.13. The topological polar surface area (TPSA) is 84.1 Å². The lowest BCUT2D eigenvalue weighted by Gasteiger charge is -2.17. The summed E-state index contributed by atoms with van der Waals surface area (Å²) in [4.78, 5) is 20.7. The number of aromatic nitrogens is 2. The fraction of sp³-hybridized carbons (Fsp3) is 0.444. The van der Waals surface area contributed by atoms with Crippen LogP contribution >= 0.6 is 0 Å². The smallest absolute Gasteiger partial charge is 0.221 e. The number of carbonyl (C=O) groups is 1. The molecule has 1 aromatic heterocycles. The standard InChI is InChI=1S/C9H15N5O/c1-11-8(15)4-6-14(2)7-3-5-12-9(10)13-7/h3,5H,4,6H2,1-2H3,(H,11,15)(H2,10,12,13). The SMILES string of the molecule is CNC(=O)CCN(C)c1ccnc(N)n1. The number of nitrogens with one attached hydrogen (secondary N) is 1. The van der Waals surface area contributed by atoms with Gasteiger partial charge in [-0.3, -0.25) is 4.79 Å². The Morgan fingerprint density at radius 3 is 3.00 bits per heavy atom. The average molecular weight is 209 g/mol. The monoisotopic (exact) mass is 209 g/mol. The van der Waals surface area contributed by atoms with E-state index in [2.05, 4.69) is 15.3 Å². The lowest BCUT2D eigenvalue weighted by molar-refractivity contribution is -0.120. The molecule has 6 heteroatoms. The van der Waals surface area contributed by atoms with Crippen LogP contribution in [0.3, 0.4) is 0 Å². The molecule has 0 aliphatic rings. The number of amides is 1. The molecule has 0 atom stereocenters. The van der Waals surface area contributed by atoms with Crippen molar-refractivity contribution < 1.29 is 4.79 Å². The van der Waals surface area contributed by atoms with E-state index in [1.54, 1.807) is 19.3 Å². The molecular formula is C9H15N5O. The Balaban J connectivity index is 2.53. The maximum absolute atomic E-state index is 11.0. The van der Waals surface area contributed by atoms with E-state index in [1.165, 1.54) is 0 Å². The van der Waals surface area contributed by atoms with Crippen LogP contribution in [0.5, 0.6) is 0 Å². The third-order valence-corrected chi connectivity index (χ3v) is 2.00. The molecule has 1 heterocycles. The number of carbonyl (C=O) groups excluding carboxylic acids is 1. The van der Waals surface area contributed by atoms with Gasteiger partial charge in [0.15, 0.2) is 0 Å². The number of rotatable bonds is 4. The predicted octanol–water partition coefficient (Wildman–Crippen LogP) is -0.369. The molecule has 0 unspecified atom stereocenters. The van der Waals surface area contributed by atoms with E-state index in [-0.39, 0.29) is 11.9 Å². The lowest BCUT2D eigenvalue weighted by Crippen LogP contribution is -2.27. The fourth-order valence-corrected chi connectivity index (χ4v) is 1.09. The average Bonchev–Trinajstić information content (AvgIpc) is 2.25. The van der Waals surface area contributed by atoms with Crippen molar-refractivity contribution in [2.75, 3.05) is 31.3 Å². The van der Waals surface area contributed by atoms with Crippen molar-refractivity contribution in [3.05, 3.63) is 12.3 Å². The second kappa shape index (κ2) is 5.14. The Kier molecular flexibility index (Phi) is 3.84. The van der Waals surface area contributed by atoms with Crippen LogP contribution in [0.25, 0.3) is 0 Å². The Morgan fingerprint density at radius 2 is 2.40 bits per heavy atom. The summed E-state index contributed by atoms with van der Waals surface area (Å²) in [5.74, 6) is 0.953. The molecule has 15 heavy (non-hydrogen) atoms. The van der Waals surface area contributed by atoms with Gasteiger partial charge in [-0.2, -0.15) is 4.98 Å². The molecule has 1 amide bonds. The van der Waals surface area contributed by atoms with Crippen LogP contribution in [0.1, 0.15) is 6.42 Å². The molecule has 0 radical (unpaired) electrons. The molecule has 0 saturated carbocycles.